The minimum Gasteiger partial charge on any atom is -0.480 e. The molecule has 1 amide bonds. The molecule has 1 heterocycles. The number of carbonyl (C=O) groups excluding carboxylic acids is 1. The average molecular weight is 347 g/mol. The smallest absolute Gasteiger partial charge is 0.317 e. The first-order valence-electron chi connectivity index (χ1n) is 8.90. The predicted molar refractivity (Wildman–Crippen MR) is 97.4 cm³/mol. The lowest BCUT2D eigenvalue weighted by molar-refractivity contribution is -0.138. The minimum atomic E-state index is -0.793. The van der Waals surface area contributed by atoms with E-state index in [4.69, 9.17) is 5.11 Å². The van der Waals surface area contributed by atoms with Crippen molar-refractivity contribution in [3.8, 4) is 0 Å². The Hall–Kier alpha value is -1.92. The second-order valence-corrected chi connectivity index (χ2v) is 6.93. The molecule has 0 spiro atoms. The Morgan fingerprint density at radius 1 is 1.24 bits per heavy atom. The summed E-state index contributed by atoms with van der Waals surface area (Å²) < 4.78 is 0. The number of rotatable bonds is 7. The van der Waals surface area contributed by atoms with E-state index in [0.29, 0.717) is 13.1 Å². The Morgan fingerprint density at radius 2 is 1.96 bits per heavy atom. The molecule has 0 aliphatic carbocycles. The number of likely N-dealkylation sites (tertiary alicyclic amines) is 1. The number of benzene rings is 1. The zero-order valence-electron chi connectivity index (χ0n) is 15.2. The van der Waals surface area contributed by atoms with Crippen LogP contribution in [0.1, 0.15) is 30.4 Å². The molecule has 1 atom stereocenters. The van der Waals surface area contributed by atoms with Crippen molar-refractivity contribution >= 4 is 11.9 Å². The SMILES string of the molecule is Cc1ccc(CNC(=O)CN2CCCC(N(C)CC(=O)O)CC2)cc1. The van der Waals surface area contributed by atoms with E-state index in [1.807, 2.05) is 43.1 Å². The molecule has 1 saturated heterocycles. The summed E-state index contributed by atoms with van der Waals surface area (Å²) in [4.78, 5) is 27.1. The van der Waals surface area contributed by atoms with Gasteiger partial charge in [-0.1, -0.05) is 29.8 Å². The first-order valence-corrected chi connectivity index (χ1v) is 8.90. The molecule has 1 unspecified atom stereocenters. The van der Waals surface area contributed by atoms with Crippen molar-refractivity contribution in [2.45, 2.75) is 38.8 Å². The fourth-order valence-corrected chi connectivity index (χ4v) is 3.25. The first-order chi connectivity index (χ1) is 11.9. The summed E-state index contributed by atoms with van der Waals surface area (Å²) in [5, 5.41) is 11.9. The van der Waals surface area contributed by atoms with E-state index in [1.54, 1.807) is 0 Å². The molecule has 1 aliphatic rings. The molecule has 138 valence electrons. The Morgan fingerprint density at radius 3 is 2.64 bits per heavy atom. The van der Waals surface area contributed by atoms with Crippen LogP contribution in [0, 0.1) is 6.92 Å². The van der Waals surface area contributed by atoms with Gasteiger partial charge in [-0.05, 0) is 45.3 Å². The zero-order valence-corrected chi connectivity index (χ0v) is 15.2. The van der Waals surface area contributed by atoms with Gasteiger partial charge in [-0.25, -0.2) is 0 Å². The van der Waals surface area contributed by atoms with Crippen LogP contribution >= 0.6 is 0 Å². The first kappa shape index (κ1) is 19.4. The standard InChI is InChI=1S/C19H29N3O3/c1-15-5-7-16(8-6-15)12-20-18(23)13-22-10-3-4-17(9-11-22)21(2)14-19(24)25/h5-8,17H,3-4,9-14H2,1-2H3,(H,20,23)(H,24,25). The van der Waals surface area contributed by atoms with Crippen LogP contribution in [0.5, 0.6) is 0 Å². The fraction of sp³-hybridized carbons (Fsp3) is 0.579. The van der Waals surface area contributed by atoms with Crippen molar-refractivity contribution in [1.82, 2.24) is 15.1 Å². The maximum Gasteiger partial charge on any atom is 0.317 e. The van der Waals surface area contributed by atoms with Crippen molar-refractivity contribution in [1.29, 1.82) is 0 Å². The van der Waals surface area contributed by atoms with Gasteiger partial charge in [0.25, 0.3) is 0 Å². The molecule has 2 N–H and O–H groups in total. The van der Waals surface area contributed by atoms with Crippen LogP contribution in [0.2, 0.25) is 0 Å². The predicted octanol–water partition coefficient (Wildman–Crippen LogP) is 1.48. The molecule has 1 aromatic rings. The van der Waals surface area contributed by atoms with Gasteiger partial charge in [0.05, 0.1) is 13.1 Å². The summed E-state index contributed by atoms with van der Waals surface area (Å²) in [7, 11) is 1.86. The summed E-state index contributed by atoms with van der Waals surface area (Å²) in [5.74, 6) is -0.753. The molecule has 25 heavy (non-hydrogen) atoms. The highest BCUT2D eigenvalue weighted by atomic mass is 16.4. The number of aliphatic carboxylic acids is 1. The highest BCUT2D eigenvalue weighted by Crippen LogP contribution is 2.15. The highest BCUT2D eigenvalue weighted by molar-refractivity contribution is 5.78. The lowest BCUT2D eigenvalue weighted by atomic mass is 10.1. The summed E-state index contributed by atoms with van der Waals surface area (Å²) in [6.45, 7) is 4.78. The van der Waals surface area contributed by atoms with E-state index in [-0.39, 0.29) is 18.5 Å². The van der Waals surface area contributed by atoms with Gasteiger partial charge in [-0.3, -0.25) is 19.4 Å². The van der Waals surface area contributed by atoms with E-state index >= 15 is 0 Å². The molecule has 1 fully saturated rings. The van der Waals surface area contributed by atoms with Gasteiger partial charge in [-0.2, -0.15) is 0 Å². The second kappa shape index (κ2) is 9.53. The van der Waals surface area contributed by atoms with Crippen molar-refractivity contribution in [3.63, 3.8) is 0 Å². The minimum absolute atomic E-state index is 0.0397. The molecule has 6 heteroatoms. The van der Waals surface area contributed by atoms with Gasteiger partial charge in [0.2, 0.25) is 5.91 Å². The van der Waals surface area contributed by atoms with Crippen LogP contribution in [0.3, 0.4) is 0 Å². The Kier molecular flexibility index (Phi) is 7.40. The van der Waals surface area contributed by atoms with Gasteiger partial charge >= 0.3 is 5.97 Å². The zero-order chi connectivity index (χ0) is 18.2. The van der Waals surface area contributed by atoms with E-state index in [1.165, 1.54) is 5.56 Å². The number of aryl methyl sites for hydroxylation is 1. The molecule has 1 aromatic carbocycles. The van der Waals surface area contributed by atoms with E-state index in [0.717, 1.165) is 37.9 Å². The van der Waals surface area contributed by atoms with Gasteiger partial charge in [0, 0.05) is 19.1 Å². The van der Waals surface area contributed by atoms with Crippen LogP contribution in [-0.2, 0) is 16.1 Å². The molecule has 0 aromatic heterocycles. The van der Waals surface area contributed by atoms with Crippen LogP contribution < -0.4 is 5.32 Å². The monoisotopic (exact) mass is 347 g/mol. The van der Waals surface area contributed by atoms with Crippen molar-refractivity contribution in [2.75, 3.05) is 33.2 Å². The second-order valence-electron chi connectivity index (χ2n) is 6.93. The number of amides is 1. The van der Waals surface area contributed by atoms with E-state index in [2.05, 4.69) is 10.2 Å². The van der Waals surface area contributed by atoms with Crippen LogP contribution in [0.15, 0.2) is 24.3 Å². The maximum absolute atomic E-state index is 12.2. The van der Waals surface area contributed by atoms with Gasteiger partial charge in [0.1, 0.15) is 0 Å². The largest absolute Gasteiger partial charge is 0.480 e. The third kappa shape index (κ3) is 6.84. The molecule has 0 radical (unpaired) electrons. The molecular formula is C19H29N3O3. The number of likely N-dealkylation sites (N-methyl/N-ethyl adjacent to an activating group) is 1. The average Bonchev–Trinajstić information content (AvgIpc) is 2.79. The number of carbonyl (C=O) groups is 2. The quantitative estimate of drug-likeness (QED) is 0.782. The molecule has 0 saturated carbocycles. The van der Waals surface area contributed by atoms with Gasteiger partial charge in [0.15, 0.2) is 0 Å². The van der Waals surface area contributed by atoms with Crippen LogP contribution in [0.25, 0.3) is 0 Å². The number of nitrogens with zero attached hydrogens (tertiary/aromatic N) is 2. The Bertz CT molecular complexity index is 574. The summed E-state index contributed by atoms with van der Waals surface area (Å²) in [5.41, 5.74) is 2.31. The third-order valence-corrected chi connectivity index (χ3v) is 4.78. The van der Waals surface area contributed by atoms with E-state index < -0.39 is 5.97 Å². The lowest BCUT2D eigenvalue weighted by Gasteiger charge is -2.25. The number of hydrogen-bond donors (Lipinski definition) is 2. The number of carboxylic acids is 1. The van der Waals surface area contributed by atoms with Crippen molar-refractivity contribution in [2.24, 2.45) is 0 Å². The topological polar surface area (TPSA) is 72.9 Å². The molecule has 1 aliphatic heterocycles. The highest BCUT2D eigenvalue weighted by Gasteiger charge is 2.22. The molecule has 0 bridgehead atoms. The molecular weight excluding hydrogens is 318 g/mol. The maximum atomic E-state index is 12.2. The Balaban J connectivity index is 1.74. The van der Waals surface area contributed by atoms with Crippen molar-refractivity contribution < 1.29 is 14.7 Å². The number of hydrogen-bond acceptors (Lipinski definition) is 4. The van der Waals surface area contributed by atoms with Gasteiger partial charge < -0.3 is 10.4 Å². The van der Waals surface area contributed by atoms with E-state index in [9.17, 15) is 9.59 Å². The van der Waals surface area contributed by atoms with Gasteiger partial charge in [-0.15, -0.1) is 0 Å². The fourth-order valence-electron chi connectivity index (χ4n) is 3.25. The molecule has 2 rings (SSSR count). The summed E-state index contributed by atoms with van der Waals surface area (Å²) >= 11 is 0. The lowest BCUT2D eigenvalue weighted by Crippen LogP contribution is -2.39. The van der Waals surface area contributed by atoms with Crippen molar-refractivity contribution in [3.05, 3.63) is 35.4 Å². The summed E-state index contributed by atoms with van der Waals surface area (Å²) in [6.07, 6.45) is 2.86. The molecule has 6 nitrogen and oxygen atoms in total. The third-order valence-electron chi connectivity index (χ3n) is 4.78. The summed E-state index contributed by atoms with van der Waals surface area (Å²) in [6, 6.07) is 8.43. The Labute approximate surface area is 149 Å². The van der Waals surface area contributed by atoms with Crippen LogP contribution in [0.4, 0.5) is 0 Å². The normalized spacial score (nSPS) is 18.8. The number of nitrogens with one attached hydrogen (secondary N) is 1. The number of carboxylic acid groups (broad SMARTS) is 1. The van der Waals surface area contributed by atoms with Crippen LogP contribution in [-0.4, -0.2) is 66.1 Å².